The topological polar surface area (TPSA) is 46.8 Å². The molecule has 0 unspecified atom stereocenters. The SMILES string of the molecule is CCOC(=P)c1nc2ccccn2c1CO. The van der Waals surface area contributed by atoms with Crippen LogP contribution in [-0.4, -0.2) is 26.6 Å². The molecule has 0 saturated heterocycles. The largest absolute Gasteiger partial charge is 0.390 e. The number of rotatable bonds is 4. The van der Waals surface area contributed by atoms with E-state index in [0.29, 0.717) is 23.5 Å². The lowest BCUT2D eigenvalue weighted by Crippen LogP contribution is -2.07. The molecule has 5 heteroatoms. The van der Waals surface area contributed by atoms with Crippen molar-refractivity contribution in [1.82, 2.24) is 9.38 Å². The van der Waals surface area contributed by atoms with E-state index in [1.807, 2.05) is 35.7 Å². The van der Waals surface area contributed by atoms with E-state index in [0.717, 1.165) is 5.65 Å². The summed E-state index contributed by atoms with van der Waals surface area (Å²) in [4.78, 5) is 4.39. The van der Waals surface area contributed by atoms with Crippen LogP contribution in [-0.2, 0) is 11.3 Å². The summed E-state index contributed by atoms with van der Waals surface area (Å²) in [5, 5.41) is 9.37. The van der Waals surface area contributed by atoms with E-state index < -0.39 is 0 Å². The number of ether oxygens (including phenoxy) is 1. The maximum absolute atomic E-state index is 9.37. The monoisotopic (exact) mass is 236 g/mol. The van der Waals surface area contributed by atoms with Gasteiger partial charge in [-0.2, -0.15) is 0 Å². The molecular formula is C11H13N2O2P. The molecule has 4 nitrogen and oxygen atoms in total. The fourth-order valence-electron chi connectivity index (χ4n) is 1.59. The van der Waals surface area contributed by atoms with E-state index in [1.54, 1.807) is 0 Å². The lowest BCUT2D eigenvalue weighted by atomic mass is 10.3. The molecule has 2 heterocycles. The second-order valence-electron chi connectivity index (χ2n) is 3.26. The Bertz CT molecular complexity index is 522. The molecule has 0 fully saturated rings. The van der Waals surface area contributed by atoms with Gasteiger partial charge < -0.3 is 14.2 Å². The average molecular weight is 236 g/mol. The maximum Gasteiger partial charge on any atom is 0.137 e. The third-order valence-corrected chi connectivity index (χ3v) is 2.66. The van der Waals surface area contributed by atoms with Crippen LogP contribution in [0.2, 0.25) is 0 Å². The molecule has 2 rings (SSSR count). The zero-order valence-electron chi connectivity index (χ0n) is 8.97. The van der Waals surface area contributed by atoms with E-state index in [-0.39, 0.29) is 6.61 Å². The predicted octanol–water partition coefficient (Wildman–Crippen LogP) is 1.48. The molecule has 0 spiro atoms. The van der Waals surface area contributed by atoms with Gasteiger partial charge in [0.15, 0.2) is 0 Å². The molecule has 2 aromatic heterocycles. The van der Waals surface area contributed by atoms with E-state index in [2.05, 4.69) is 13.8 Å². The fraction of sp³-hybridized carbons (Fsp3) is 0.273. The molecule has 2 aromatic rings. The molecular weight excluding hydrogens is 223 g/mol. The van der Waals surface area contributed by atoms with Gasteiger partial charge >= 0.3 is 0 Å². The zero-order chi connectivity index (χ0) is 11.5. The van der Waals surface area contributed by atoms with Crippen LogP contribution in [0.15, 0.2) is 24.4 Å². The summed E-state index contributed by atoms with van der Waals surface area (Å²) < 4.78 is 7.18. The molecule has 0 bridgehead atoms. The summed E-state index contributed by atoms with van der Waals surface area (Å²) in [7, 11) is 3.38. The molecule has 0 aliphatic carbocycles. The van der Waals surface area contributed by atoms with Gasteiger partial charge in [0.2, 0.25) is 0 Å². The fourth-order valence-corrected chi connectivity index (χ4v) is 1.94. The molecule has 0 atom stereocenters. The van der Waals surface area contributed by atoms with Gasteiger partial charge in [0, 0.05) is 6.20 Å². The first-order chi connectivity index (χ1) is 7.77. The zero-order valence-corrected chi connectivity index (χ0v) is 9.97. The number of nitrogens with zero attached hydrogens (tertiary/aromatic N) is 2. The Labute approximate surface area is 95.7 Å². The second kappa shape index (κ2) is 4.74. The Balaban J connectivity index is 2.56. The van der Waals surface area contributed by atoms with Crippen LogP contribution in [0.25, 0.3) is 5.65 Å². The third-order valence-electron chi connectivity index (χ3n) is 2.28. The van der Waals surface area contributed by atoms with Crippen molar-refractivity contribution in [3.63, 3.8) is 0 Å². The second-order valence-corrected chi connectivity index (χ2v) is 3.71. The van der Waals surface area contributed by atoms with Gasteiger partial charge in [0.05, 0.1) is 18.9 Å². The molecule has 0 aliphatic heterocycles. The average Bonchev–Trinajstić information content (AvgIpc) is 2.67. The van der Waals surface area contributed by atoms with Crippen molar-refractivity contribution in [2.75, 3.05) is 6.61 Å². The van der Waals surface area contributed by atoms with Crippen LogP contribution in [0.4, 0.5) is 0 Å². The first-order valence-corrected chi connectivity index (χ1v) is 5.56. The van der Waals surface area contributed by atoms with Crippen molar-refractivity contribution in [2.45, 2.75) is 13.5 Å². The molecule has 0 amide bonds. The van der Waals surface area contributed by atoms with Crippen molar-refractivity contribution in [2.24, 2.45) is 0 Å². The number of aliphatic hydroxyl groups excluding tert-OH is 1. The molecule has 0 aliphatic rings. The van der Waals surface area contributed by atoms with Crippen LogP contribution in [0.3, 0.4) is 0 Å². The van der Waals surface area contributed by atoms with Crippen LogP contribution in [0.1, 0.15) is 18.3 Å². The van der Waals surface area contributed by atoms with E-state index in [9.17, 15) is 5.11 Å². The Hall–Kier alpha value is -1.22. The predicted molar refractivity (Wildman–Crippen MR) is 65.2 cm³/mol. The van der Waals surface area contributed by atoms with Crippen molar-refractivity contribution in [3.05, 3.63) is 35.8 Å². The molecule has 0 saturated carbocycles. The highest BCUT2D eigenvalue weighted by atomic mass is 31.0. The van der Waals surface area contributed by atoms with Gasteiger partial charge in [-0.15, -0.1) is 0 Å². The van der Waals surface area contributed by atoms with Crippen LogP contribution in [0, 0.1) is 0 Å². The van der Waals surface area contributed by atoms with Crippen LogP contribution in [0.5, 0.6) is 0 Å². The van der Waals surface area contributed by atoms with Gasteiger partial charge in [-0.1, -0.05) is 14.9 Å². The number of aromatic nitrogens is 2. The van der Waals surface area contributed by atoms with Gasteiger partial charge in [-0.05, 0) is 19.1 Å². The standard InChI is InChI=1S/C11H13N2O2P/c1-2-15-11(16)10-8(7-14)13-6-4-3-5-9(13)12-10/h3-6,14,16H,2,7H2,1H3. The Morgan fingerprint density at radius 1 is 1.56 bits per heavy atom. The Kier molecular flexibility index (Phi) is 3.34. The van der Waals surface area contributed by atoms with Gasteiger partial charge in [-0.25, -0.2) is 4.98 Å². The van der Waals surface area contributed by atoms with Gasteiger partial charge in [0.25, 0.3) is 0 Å². The number of hydrogen-bond acceptors (Lipinski definition) is 3. The lowest BCUT2D eigenvalue weighted by Gasteiger charge is -2.03. The maximum atomic E-state index is 9.37. The Morgan fingerprint density at radius 2 is 2.38 bits per heavy atom. The van der Waals surface area contributed by atoms with Crippen LogP contribution < -0.4 is 0 Å². The first-order valence-electron chi connectivity index (χ1n) is 5.06. The normalized spacial score (nSPS) is 10.9. The van der Waals surface area contributed by atoms with Crippen molar-refractivity contribution >= 4 is 20.0 Å². The summed E-state index contributed by atoms with van der Waals surface area (Å²) in [6, 6.07) is 5.68. The first kappa shape index (κ1) is 11.3. The van der Waals surface area contributed by atoms with Gasteiger partial charge in [0.1, 0.15) is 16.8 Å². The highest BCUT2D eigenvalue weighted by Crippen LogP contribution is 2.14. The summed E-state index contributed by atoms with van der Waals surface area (Å²) >= 11 is 0. The molecule has 84 valence electrons. The quantitative estimate of drug-likeness (QED) is 0.818. The molecule has 0 radical (unpaired) electrons. The number of hydrogen-bond donors (Lipinski definition) is 1. The van der Waals surface area contributed by atoms with Crippen molar-refractivity contribution in [3.8, 4) is 0 Å². The molecule has 0 aromatic carbocycles. The van der Waals surface area contributed by atoms with Gasteiger partial charge in [-0.3, -0.25) is 0 Å². The van der Waals surface area contributed by atoms with Crippen molar-refractivity contribution in [1.29, 1.82) is 0 Å². The third kappa shape index (κ3) is 1.87. The molecule has 16 heavy (non-hydrogen) atoms. The number of fused-ring (bicyclic) bond motifs is 1. The van der Waals surface area contributed by atoms with E-state index >= 15 is 0 Å². The summed E-state index contributed by atoms with van der Waals surface area (Å²) in [6.45, 7) is 2.37. The number of pyridine rings is 1. The smallest absolute Gasteiger partial charge is 0.137 e. The number of aliphatic hydroxyl groups is 1. The summed E-state index contributed by atoms with van der Waals surface area (Å²) in [5.74, 6) is 0. The summed E-state index contributed by atoms with van der Waals surface area (Å²) in [6.07, 6.45) is 1.86. The van der Waals surface area contributed by atoms with Crippen LogP contribution >= 0.6 is 8.86 Å². The summed E-state index contributed by atoms with van der Waals surface area (Å²) in [5.41, 5.74) is 2.70. The number of imidazole rings is 1. The highest BCUT2D eigenvalue weighted by Gasteiger charge is 2.14. The highest BCUT2D eigenvalue weighted by molar-refractivity contribution is 7.21. The van der Waals surface area contributed by atoms with E-state index in [4.69, 9.17) is 4.74 Å². The lowest BCUT2D eigenvalue weighted by molar-refractivity contribution is 0.274. The minimum absolute atomic E-state index is 0.0818. The minimum atomic E-state index is -0.0818. The van der Waals surface area contributed by atoms with Crippen molar-refractivity contribution < 1.29 is 9.84 Å². The Morgan fingerprint density at radius 3 is 3.06 bits per heavy atom. The molecule has 1 N–H and O–H groups in total. The minimum Gasteiger partial charge on any atom is -0.390 e. The van der Waals surface area contributed by atoms with E-state index in [1.165, 1.54) is 0 Å².